The fraction of sp³-hybridized carbons (Fsp3) is 0.259. The van der Waals surface area contributed by atoms with Crippen LogP contribution in [0.4, 0.5) is 0 Å². The molecule has 4 aromatic rings. The molecule has 0 saturated carbocycles. The van der Waals surface area contributed by atoms with Crippen molar-refractivity contribution in [3.8, 4) is 39.7 Å². The largest absolute Gasteiger partial charge is 0.360 e. The van der Waals surface area contributed by atoms with E-state index in [1.165, 1.54) is 21.7 Å². The summed E-state index contributed by atoms with van der Waals surface area (Å²) in [4.78, 5) is 1.41. The van der Waals surface area contributed by atoms with Gasteiger partial charge in [0.05, 0.1) is 23.0 Å². The molecule has 0 N–H and O–H groups in total. The molecule has 0 saturated heterocycles. The van der Waals surface area contributed by atoms with Gasteiger partial charge in [0.1, 0.15) is 6.73 Å². The molecule has 1 aliphatic rings. The number of nitrogens with zero attached hydrogens (tertiary/aromatic N) is 3. The van der Waals surface area contributed by atoms with Gasteiger partial charge in [0.25, 0.3) is 0 Å². The van der Waals surface area contributed by atoms with Crippen molar-refractivity contribution in [2.45, 2.75) is 38.8 Å². The molecule has 2 aromatic carbocycles. The van der Waals surface area contributed by atoms with Crippen LogP contribution in [0.25, 0.3) is 33.6 Å². The van der Waals surface area contributed by atoms with Gasteiger partial charge in [-0.05, 0) is 40.8 Å². The van der Waals surface area contributed by atoms with E-state index in [1.807, 2.05) is 35.6 Å². The smallest absolute Gasteiger partial charge is 0.140 e. The Kier molecular flexibility index (Phi) is 5.79. The number of thiophene rings is 1. The molecule has 0 radical (unpaired) electrons. The maximum Gasteiger partial charge on any atom is 0.140 e. The second-order valence-corrected chi connectivity index (χ2v) is 16.3. The summed E-state index contributed by atoms with van der Waals surface area (Å²) in [6.07, 6.45) is 0.934. The van der Waals surface area contributed by atoms with Crippen LogP contribution in [0, 0.1) is 11.3 Å². The zero-order valence-electron chi connectivity index (χ0n) is 19.3. The number of fused-ring (bicyclic) bond motifs is 3. The normalized spacial score (nSPS) is 12.4. The summed E-state index contributed by atoms with van der Waals surface area (Å²) >= 11 is 1.82. The number of nitriles is 1. The van der Waals surface area contributed by atoms with Crippen LogP contribution in [0.5, 0.6) is 0 Å². The first-order chi connectivity index (χ1) is 15.9. The van der Waals surface area contributed by atoms with Crippen molar-refractivity contribution in [1.29, 1.82) is 5.26 Å². The van der Waals surface area contributed by atoms with E-state index < -0.39 is 8.07 Å². The van der Waals surface area contributed by atoms with Crippen LogP contribution in [0.3, 0.4) is 0 Å². The third-order valence-electron chi connectivity index (χ3n) is 6.10. The first-order valence-electron chi connectivity index (χ1n) is 11.3. The van der Waals surface area contributed by atoms with Gasteiger partial charge in [-0.25, -0.2) is 4.68 Å². The van der Waals surface area contributed by atoms with E-state index in [-0.39, 0.29) is 0 Å². The predicted octanol–water partition coefficient (Wildman–Crippen LogP) is 7.03. The minimum Gasteiger partial charge on any atom is -0.360 e. The molecule has 33 heavy (non-hydrogen) atoms. The molecule has 0 unspecified atom stereocenters. The summed E-state index contributed by atoms with van der Waals surface area (Å²) in [6.45, 7) is 8.40. The Hall–Kier alpha value is -2.98. The summed E-state index contributed by atoms with van der Waals surface area (Å²) in [5.41, 5.74) is 8.91. The summed E-state index contributed by atoms with van der Waals surface area (Å²) in [6, 6.07) is 21.8. The van der Waals surface area contributed by atoms with Crippen molar-refractivity contribution in [1.82, 2.24) is 9.78 Å². The number of hydrogen-bond donors (Lipinski definition) is 0. The van der Waals surface area contributed by atoms with Gasteiger partial charge in [-0.15, -0.1) is 11.3 Å². The first kappa shape index (κ1) is 21.8. The molecule has 0 amide bonds. The Balaban J connectivity index is 1.43. The zero-order chi connectivity index (χ0) is 23.0. The molecular weight excluding hydrogens is 442 g/mol. The molecule has 1 aliphatic carbocycles. The fourth-order valence-corrected chi connectivity index (χ4v) is 5.87. The lowest BCUT2D eigenvalue weighted by atomic mass is 10.00. The summed E-state index contributed by atoms with van der Waals surface area (Å²) < 4.78 is 8.13. The van der Waals surface area contributed by atoms with E-state index in [0.717, 1.165) is 41.5 Å². The standard InChI is InChI=1S/C27H27N3OSSi/c1-33(2,3)15-13-31-18-30-27-23-12-14-32-25(23)16-24(27)26(29-30)22-10-8-21(9-11-22)20-6-4-19(17-28)5-7-20/h4-12,14H,13,15-16,18H2,1-3H3. The highest BCUT2D eigenvalue weighted by atomic mass is 32.1. The number of rotatable bonds is 7. The van der Waals surface area contributed by atoms with Crippen LogP contribution in [-0.4, -0.2) is 24.5 Å². The van der Waals surface area contributed by atoms with Gasteiger partial charge in [-0.2, -0.15) is 10.4 Å². The average molecular weight is 470 g/mol. The maximum absolute atomic E-state index is 9.03. The molecule has 0 atom stereocenters. The molecule has 0 spiro atoms. The molecule has 4 nitrogen and oxygen atoms in total. The molecular formula is C27H27N3OSSi. The second kappa shape index (κ2) is 8.75. The van der Waals surface area contributed by atoms with E-state index in [1.54, 1.807) is 0 Å². The van der Waals surface area contributed by atoms with Crippen LogP contribution in [0.15, 0.2) is 60.0 Å². The summed E-state index contributed by atoms with van der Waals surface area (Å²) in [5.74, 6) is 0. The summed E-state index contributed by atoms with van der Waals surface area (Å²) in [5, 5.41) is 16.2. The SMILES string of the molecule is C[Si](C)(C)CCOCn1nc(-c2ccc(-c3ccc(C#N)cc3)cc2)c2c1-c1ccsc1C2. The quantitative estimate of drug-likeness (QED) is 0.190. The number of benzene rings is 2. The Morgan fingerprint density at radius 3 is 2.33 bits per heavy atom. The Morgan fingerprint density at radius 1 is 1.00 bits per heavy atom. The van der Waals surface area contributed by atoms with Crippen molar-refractivity contribution in [2.24, 2.45) is 0 Å². The molecule has 5 rings (SSSR count). The third kappa shape index (κ3) is 4.45. The maximum atomic E-state index is 9.03. The average Bonchev–Trinajstić information content (AvgIpc) is 3.49. The van der Waals surface area contributed by atoms with Crippen molar-refractivity contribution in [2.75, 3.05) is 6.61 Å². The zero-order valence-corrected chi connectivity index (χ0v) is 21.1. The van der Waals surface area contributed by atoms with Crippen LogP contribution >= 0.6 is 11.3 Å². The van der Waals surface area contributed by atoms with Crippen molar-refractivity contribution >= 4 is 19.4 Å². The Bertz CT molecular complexity index is 1320. The van der Waals surface area contributed by atoms with Gasteiger partial charge < -0.3 is 4.74 Å². The van der Waals surface area contributed by atoms with Crippen molar-refractivity contribution < 1.29 is 4.74 Å². The van der Waals surface area contributed by atoms with E-state index in [0.29, 0.717) is 12.3 Å². The highest BCUT2D eigenvalue weighted by Crippen LogP contribution is 2.44. The number of aromatic nitrogens is 2. The van der Waals surface area contributed by atoms with Gasteiger partial charge in [-0.3, -0.25) is 0 Å². The van der Waals surface area contributed by atoms with Crippen LogP contribution in [0.2, 0.25) is 25.7 Å². The lowest BCUT2D eigenvalue weighted by molar-refractivity contribution is 0.0799. The highest BCUT2D eigenvalue weighted by molar-refractivity contribution is 7.10. The first-order valence-corrected chi connectivity index (χ1v) is 15.9. The summed E-state index contributed by atoms with van der Waals surface area (Å²) in [7, 11) is -1.12. The number of ether oxygens (including phenoxy) is 1. The van der Waals surface area contributed by atoms with Crippen LogP contribution < -0.4 is 0 Å². The third-order valence-corrected chi connectivity index (χ3v) is 8.73. The molecule has 2 heterocycles. The lowest BCUT2D eigenvalue weighted by Crippen LogP contribution is -2.22. The Labute approximate surface area is 200 Å². The minimum atomic E-state index is -1.12. The lowest BCUT2D eigenvalue weighted by Gasteiger charge is -2.15. The molecule has 0 bridgehead atoms. The second-order valence-electron chi connectivity index (χ2n) is 9.72. The molecule has 0 fully saturated rings. The van der Waals surface area contributed by atoms with Gasteiger partial charge in [0, 0.05) is 42.7 Å². The molecule has 6 heteroatoms. The molecule has 166 valence electrons. The topological polar surface area (TPSA) is 50.8 Å². The van der Waals surface area contributed by atoms with Crippen molar-refractivity contribution in [3.63, 3.8) is 0 Å². The van der Waals surface area contributed by atoms with E-state index in [2.05, 4.69) is 66.1 Å². The van der Waals surface area contributed by atoms with E-state index in [9.17, 15) is 0 Å². The minimum absolute atomic E-state index is 0.491. The van der Waals surface area contributed by atoms with E-state index >= 15 is 0 Å². The Morgan fingerprint density at radius 2 is 1.67 bits per heavy atom. The predicted molar refractivity (Wildman–Crippen MR) is 138 cm³/mol. The fourth-order valence-electron chi connectivity index (χ4n) is 4.23. The number of hydrogen-bond acceptors (Lipinski definition) is 4. The van der Waals surface area contributed by atoms with Gasteiger partial charge in [0.15, 0.2) is 0 Å². The highest BCUT2D eigenvalue weighted by Gasteiger charge is 2.29. The molecule has 2 aromatic heterocycles. The van der Waals surface area contributed by atoms with Crippen LogP contribution in [-0.2, 0) is 17.9 Å². The van der Waals surface area contributed by atoms with E-state index in [4.69, 9.17) is 15.1 Å². The van der Waals surface area contributed by atoms with Gasteiger partial charge in [0.2, 0.25) is 0 Å². The molecule has 0 aliphatic heterocycles. The van der Waals surface area contributed by atoms with Gasteiger partial charge >= 0.3 is 0 Å². The van der Waals surface area contributed by atoms with Crippen molar-refractivity contribution in [3.05, 3.63) is 76.0 Å². The van der Waals surface area contributed by atoms with Crippen LogP contribution in [0.1, 0.15) is 16.0 Å². The monoisotopic (exact) mass is 469 g/mol. The van der Waals surface area contributed by atoms with Gasteiger partial charge in [-0.1, -0.05) is 56.0 Å².